The number of aliphatic carboxylic acids is 2. The van der Waals surface area contributed by atoms with Crippen molar-refractivity contribution < 1.29 is 57.2 Å². The third-order valence-electron chi connectivity index (χ3n) is 2.87. The van der Waals surface area contributed by atoms with Crippen LogP contribution < -0.4 is 0 Å². The van der Waals surface area contributed by atoms with Crippen LogP contribution in [0.1, 0.15) is 0 Å². The van der Waals surface area contributed by atoms with Gasteiger partial charge in [-0.3, -0.25) is 9.13 Å². The maximum atomic E-state index is 12.2. The average molecular weight is 418 g/mol. The SMILES string of the molecule is C=C(COC(C(OCC(=C)C(=O)O)P(=O)(O)OC)P(=O)(O)OC)C(=O)O. The molecule has 150 valence electrons. The van der Waals surface area contributed by atoms with Crippen molar-refractivity contribution in [2.24, 2.45) is 0 Å². The zero-order valence-corrected chi connectivity index (χ0v) is 15.7. The normalized spacial score (nSPS) is 18.2. The van der Waals surface area contributed by atoms with E-state index < -0.39 is 63.2 Å². The molecule has 0 spiro atoms. The van der Waals surface area contributed by atoms with Crippen molar-refractivity contribution in [2.45, 2.75) is 11.7 Å². The Labute approximate surface area is 148 Å². The van der Waals surface area contributed by atoms with Crippen molar-refractivity contribution in [3.63, 3.8) is 0 Å². The van der Waals surface area contributed by atoms with Crippen LogP contribution in [-0.2, 0) is 37.2 Å². The molecule has 0 aromatic rings. The molecule has 12 nitrogen and oxygen atoms in total. The topological polar surface area (TPSA) is 186 Å². The summed E-state index contributed by atoms with van der Waals surface area (Å²) in [6, 6.07) is 0. The number of carbonyl (C=O) groups is 2. The lowest BCUT2D eigenvalue weighted by Crippen LogP contribution is -2.34. The standard InChI is InChI=1S/C12H20O12P2/c1-7(9(13)14)5-23-11(25(17,18)21-3)12(26(19,20)22-4)24-6-8(2)10(15)16/h11-12H,1-2,5-6H2,3-4H3,(H,13,14)(H,15,16)(H,17,18)(H,19,20). The second-order valence-corrected chi connectivity index (χ2v) is 8.72. The van der Waals surface area contributed by atoms with Gasteiger partial charge in [-0.05, 0) is 0 Å². The highest BCUT2D eigenvalue weighted by Crippen LogP contribution is 2.59. The Bertz CT molecular complexity index is 601. The Morgan fingerprint density at radius 2 is 1.12 bits per heavy atom. The fourth-order valence-electron chi connectivity index (χ4n) is 1.38. The van der Waals surface area contributed by atoms with Crippen LogP contribution >= 0.6 is 15.2 Å². The lowest BCUT2D eigenvalue weighted by atomic mass is 10.3. The number of hydrogen-bond donors (Lipinski definition) is 4. The van der Waals surface area contributed by atoms with E-state index in [0.717, 1.165) is 14.2 Å². The van der Waals surface area contributed by atoms with E-state index in [2.05, 4.69) is 22.2 Å². The molecule has 4 N–H and O–H groups in total. The Hall–Kier alpha value is -1.36. The molecule has 0 rings (SSSR count). The van der Waals surface area contributed by atoms with Gasteiger partial charge in [-0.25, -0.2) is 9.59 Å². The van der Waals surface area contributed by atoms with Crippen LogP contribution in [0.3, 0.4) is 0 Å². The maximum absolute atomic E-state index is 12.2. The molecule has 0 saturated heterocycles. The van der Waals surface area contributed by atoms with Crippen LogP contribution in [0.15, 0.2) is 24.3 Å². The predicted molar refractivity (Wildman–Crippen MR) is 86.7 cm³/mol. The highest BCUT2D eigenvalue weighted by atomic mass is 31.2. The van der Waals surface area contributed by atoms with Crippen molar-refractivity contribution in [3.05, 3.63) is 24.3 Å². The minimum Gasteiger partial charge on any atom is -0.478 e. The monoisotopic (exact) mass is 418 g/mol. The third kappa shape index (κ3) is 7.10. The van der Waals surface area contributed by atoms with Crippen LogP contribution in [0.5, 0.6) is 0 Å². The van der Waals surface area contributed by atoms with Gasteiger partial charge in [0.2, 0.25) is 0 Å². The first-order chi connectivity index (χ1) is 11.8. The summed E-state index contributed by atoms with van der Waals surface area (Å²) in [4.78, 5) is 41.3. The molecule has 0 bridgehead atoms. The van der Waals surface area contributed by atoms with E-state index in [9.17, 15) is 28.5 Å². The molecule has 14 heteroatoms. The smallest absolute Gasteiger partial charge is 0.359 e. The number of ether oxygens (including phenoxy) is 2. The molecule has 0 aliphatic heterocycles. The largest absolute Gasteiger partial charge is 0.478 e. The Morgan fingerprint density at radius 3 is 1.31 bits per heavy atom. The molecule has 0 saturated carbocycles. The average Bonchev–Trinajstić information content (AvgIpc) is 2.56. The molecule has 0 amide bonds. The predicted octanol–water partition coefficient (Wildman–Crippen LogP) is 0.617. The Balaban J connectivity index is 5.77. The van der Waals surface area contributed by atoms with Gasteiger partial charge >= 0.3 is 27.1 Å². The molecule has 0 aromatic carbocycles. The molecule has 26 heavy (non-hydrogen) atoms. The summed E-state index contributed by atoms with van der Waals surface area (Å²) in [6.45, 7) is 4.64. The minimum absolute atomic E-state index is 0.537. The molecular weight excluding hydrogens is 398 g/mol. The van der Waals surface area contributed by atoms with E-state index in [4.69, 9.17) is 19.7 Å². The lowest BCUT2D eigenvalue weighted by Gasteiger charge is -2.31. The molecule has 0 fully saturated rings. The molecular formula is C12H20O12P2. The molecule has 4 atom stereocenters. The van der Waals surface area contributed by atoms with Gasteiger partial charge in [0.15, 0.2) is 11.7 Å². The highest BCUT2D eigenvalue weighted by molar-refractivity contribution is 7.57. The summed E-state index contributed by atoms with van der Waals surface area (Å²) in [5, 5.41) is 17.5. The van der Waals surface area contributed by atoms with Crippen molar-refractivity contribution in [1.29, 1.82) is 0 Å². The molecule has 4 unspecified atom stereocenters. The van der Waals surface area contributed by atoms with Gasteiger partial charge in [-0.1, -0.05) is 13.2 Å². The summed E-state index contributed by atoms with van der Waals surface area (Å²) in [6.07, 6.45) is 0. The van der Waals surface area contributed by atoms with Gasteiger partial charge in [-0.2, -0.15) is 0 Å². The first kappa shape index (κ1) is 24.6. The second kappa shape index (κ2) is 10.1. The molecule has 0 aromatic heterocycles. The van der Waals surface area contributed by atoms with E-state index >= 15 is 0 Å². The summed E-state index contributed by atoms with van der Waals surface area (Å²) in [5.74, 6) is -7.35. The van der Waals surface area contributed by atoms with E-state index in [1.54, 1.807) is 0 Å². The van der Waals surface area contributed by atoms with Crippen molar-refractivity contribution in [2.75, 3.05) is 27.4 Å². The highest BCUT2D eigenvalue weighted by Gasteiger charge is 2.50. The fourth-order valence-corrected chi connectivity index (χ4v) is 4.15. The summed E-state index contributed by atoms with van der Waals surface area (Å²) >= 11 is 0. The lowest BCUT2D eigenvalue weighted by molar-refractivity contribution is -0.135. The van der Waals surface area contributed by atoms with Crippen LogP contribution in [-0.4, -0.2) is 71.1 Å². The first-order valence-electron chi connectivity index (χ1n) is 6.61. The Morgan fingerprint density at radius 1 is 0.846 bits per heavy atom. The summed E-state index contributed by atoms with van der Waals surface area (Å²) in [5.41, 5.74) is -1.07. The number of carboxylic acid groups (broad SMARTS) is 2. The minimum atomic E-state index is -4.79. The Kier molecular flexibility index (Phi) is 9.57. The van der Waals surface area contributed by atoms with Crippen LogP contribution in [0, 0.1) is 0 Å². The molecule has 0 heterocycles. The van der Waals surface area contributed by atoms with E-state index in [0.29, 0.717) is 0 Å². The van der Waals surface area contributed by atoms with Gasteiger partial charge in [0.25, 0.3) is 0 Å². The van der Waals surface area contributed by atoms with Gasteiger partial charge in [0.1, 0.15) is 0 Å². The van der Waals surface area contributed by atoms with E-state index in [1.807, 2.05) is 0 Å². The van der Waals surface area contributed by atoms with Gasteiger partial charge < -0.3 is 38.5 Å². The van der Waals surface area contributed by atoms with Crippen molar-refractivity contribution in [1.82, 2.24) is 0 Å². The molecule has 0 radical (unpaired) electrons. The van der Waals surface area contributed by atoms with Crippen LogP contribution in [0.25, 0.3) is 0 Å². The number of carboxylic acids is 2. The zero-order valence-electron chi connectivity index (χ0n) is 13.9. The molecule has 0 aliphatic carbocycles. The molecule has 0 aliphatic rings. The second-order valence-electron chi connectivity index (χ2n) is 4.71. The zero-order chi connectivity index (χ0) is 20.7. The fraction of sp³-hybridized carbons (Fsp3) is 0.500. The van der Waals surface area contributed by atoms with Gasteiger partial charge in [0.05, 0.1) is 24.4 Å². The van der Waals surface area contributed by atoms with Crippen molar-refractivity contribution >= 4 is 27.1 Å². The quantitative estimate of drug-likeness (QED) is 0.242. The van der Waals surface area contributed by atoms with Crippen LogP contribution in [0.4, 0.5) is 0 Å². The van der Waals surface area contributed by atoms with Crippen LogP contribution in [0.2, 0.25) is 0 Å². The maximum Gasteiger partial charge on any atom is 0.359 e. The first-order valence-corrected chi connectivity index (χ1v) is 9.91. The number of rotatable bonds is 13. The van der Waals surface area contributed by atoms with E-state index in [-0.39, 0.29) is 0 Å². The van der Waals surface area contributed by atoms with E-state index in [1.165, 1.54) is 0 Å². The van der Waals surface area contributed by atoms with Gasteiger partial charge in [0, 0.05) is 14.2 Å². The number of hydrogen-bond acceptors (Lipinski definition) is 8. The van der Waals surface area contributed by atoms with Gasteiger partial charge in [-0.15, -0.1) is 0 Å². The summed E-state index contributed by atoms with van der Waals surface area (Å²) in [7, 11) is -7.99. The van der Waals surface area contributed by atoms with Crippen molar-refractivity contribution in [3.8, 4) is 0 Å². The summed E-state index contributed by atoms with van der Waals surface area (Å²) < 4.78 is 42.9. The third-order valence-corrected chi connectivity index (χ3v) is 6.28.